The monoisotopic (exact) mass is 272 g/mol. The molecule has 0 aromatic heterocycles. The first-order valence-electron chi connectivity index (χ1n) is 4.44. The van der Waals surface area contributed by atoms with Crippen LogP contribution in [0.15, 0.2) is 0 Å². The lowest BCUT2D eigenvalue weighted by atomic mass is 10.2. The maximum atomic E-state index is 11.2. The van der Waals surface area contributed by atoms with E-state index in [-0.39, 0.29) is 24.2 Å². The number of sulfone groups is 1. The van der Waals surface area contributed by atoms with Crippen molar-refractivity contribution in [2.45, 2.75) is 11.4 Å². The highest BCUT2D eigenvalue weighted by molar-refractivity contribution is 7.91. The standard InChI is InChI=1S/C7H13ClN2O3S2/c8-5-3-15(12,13)4-6(5)10-7(14)9-1-2-11/h5-6,11H,1-4H2,(H2,9,10,14)/t5-,6+/m1/s1. The summed E-state index contributed by atoms with van der Waals surface area (Å²) in [5, 5.41) is 13.9. The molecule has 3 N–H and O–H groups in total. The van der Waals surface area contributed by atoms with E-state index in [1.807, 2.05) is 0 Å². The van der Waals surface area contributed by atoms with Gasteiger partial charge in [-0.3, -0.25) is 0 Å². The van der Waals surface area contributed by atoms with Crippen LogP contribution in [0, 0.1) is 0 Å². The van der Waals surface area contributed by atoms with Gasteiger partial charge in [0.25, 0.3) is 0 Å². The van der Waals surface area contributed by atoms with Crippen molar-refractivity contribution >= 4 is 38.8 Å². The fraction of sp³-hybridized carbons (Fsp3) is 0.857. The van der Waals surface area contributed by atoms with Crippen molar-refractivity contribution in [2.75, 3.05) is 24.7 Å². The van der Waals surface area contributed by atoms with E-state index in [0.29, 0.717) is 11.7 Å². The molecular formula is C7H13ClN2O3S2. The van der Waals surface area contributed by atoms with Gasteiger partial charge >= 0.3 is 0 Å². The highest BCUT2D eigenvalue weighted by Crippen LogP contribution is 2.17. The number of rotatable bonds is 3. The molecular weight excluding hydrogens is 260 g/mol. The van der Waals surface area contributed by atoms with Gasteiger partial charge < -0.3 is 15.7 Å². The Labute approximate surface area is 99.1 Å². The Balaban J connectivity index is 2.43. The van der Waals surface area contributed by atoms with E-state index in [1.165, 1.54) is 0 Å². The minimum absolute atomic E-state index is 0.00209. The summed E-state index contributed by atoms with van der Waals surface area (Å²) in [6.07, 6.45) is 0. The van der Waals surface area contributed by atoms with Crippen LogP contribution in [0.5, 0.6) is 0 Å². The zero-order valence-electron chi connectivity index (χ0n) is 7.94. The van der Waals surface area contributed by atoms with Crippen LogP contribution in [0.2, 0.25) is 0 Å². The summed E-state index contributed by atoms with van der Waals surface area (Å²) in [6.45, 7) is 0.299. The van der Waals surface area contributed by atoms with E-state index in [1.54, 1.807) is 0 Å². The molecule has 0 saturated carbocycles. The second-order valence-electron chi connectivity index (χ2n) is 3.32. The molecule has 1 aliphatic heterocycles. The Morgan fingerprint density at radius 3 is 2.67 bits per heavy atom. The molecule has 5 nitrogen and oxygen atoms in total. The first kappa shape index (κ1) is 13.0. The molecule has 0 unspecified atom stereocenters. The molecule has 1 aliphatic rings. The van der Waals surface area contributed by atoms with Crippen LogP contribution < -0.4 is 10.6 Å². The average molecular weight is 273 g/mol. The summed E-state index contributed by atoms with van der Waals surface area (Å²) in [5.74, 6) is -0.0169. The molecule has 0 bridgehead atoms. The average Bonchev–Trinajstić information content (AvgIpc) is 2.36. The van der Waals surface area contributed by atoms with Crippen molar-refractivity contribution in [2.24, 2.45) is 0 Å². The summed E-state index contributed by atoms with van der Waals surface area (Å²) in [5.41, 5.74) is 0. The summed E-state index contributed by atoms with van der Waals surface area (Å²) in [4.78, 5) is 0. The first-order valence-corrected chi connectivity index (χ1v) is 7.11. The Morgan fingerprint density at radius 2 is 2.20 bits per heavy atom. The summed E-state index contributed by atoms with van der Waals surface area (Å²) < 4.78 is 22.4. The van der Waals surface area contributed by atoms with Crippen LogP contribution in [0.25, 0.3) is 0 Å². The Morgan fingerprint density at radius 1 is 1.53 bits per heavy atom. The number of aliphatic hydroxyl groups is 1. The highest BCUT2D eigenvalue weighted by Gasteiger charge is 2.36. The maximum absolute atomic E-state index is 11.2. The maximum Gasteiger partial charge on any atom is 0.166 e. The molecule has 0 aromatic carbocycles. The van der Waals surface area contributed by atoms with E-state index in [9.17, 15) is 8.42 Å². The Bertz CT molecular complexity index is 333. The predicted molar refractivity (Wildman–Crippen MR) is 62.9 cm³/mol. The molecule has 2 atom stereocenters. The molecule has 0 spiro atoms. The molecule has 0 amide bonds. The number of nitrogens with one attached hydrogen (secondary N) is 2. The van der Waals surface area contributed by atoms with Gasteiger partial charge in [0, 0.05) is 6.54 Å². The number of alkyl halides is 1. The molecule has 0 aliphatic carbocycles. The third-order valence-corrected chi connectivity index (χ3v) is 4.63. The lowest BCUT2D eigenvalue weighted by molar-refractivity contribution is 0.300. The Hall–Kier alpha value is -0.110. The summed E-state index contributed by atoms with van der Waals surface area (Å²) in [7, 11) is -3.04. The van der Waals surface area contributed by atoms with Crippen LogP contribution in [0.1, 0.15) is 0 Å². The summed E-state index contributed by atoms with van der Waals surface area (Å²) >= 11 is 10.8. The molecule has 1 saturated heterocycles. The molecule has 8 heteroatoms. The highest BCUT2D eigenvalue weighted by atomic mass is 35.5. The van der Waals surface area contributed by atoms with E-state index in [0.717, 1.165) is 0 Å². The van der Waals surface area contributed by atoms with Gasteiger partial charge in [0.1, 0.15) is 0 Å². The second kappa shape index (κ2) is 5.29. The van der Waals surface area contributed by atoms with Gasteiger partial charge in [-0.1, -0.05) is 0 Å². The van der Waals surface area contributed by atoms with Crippen molar-refractivity contribution in [3.8, 4) is 0 Å². The van der Waals surface area contributed by atoms with Gasteiger partial charge in [-0.25, -0.2) is 8.42 Å². The Kier molecular flexibility index (Phi) is 4.57. The van der Waals surface area contributed by atoms with E-state index in [2.05, 4.69) is 10.6 Å². The number of hydrogen-bond donors (Lipinski definition) is 3. The fourth-order valence-electron chi connectivity index (χ4n) is 1.33. The zero-order chi connectivity index (χ0) is 11.5. The quantitative estimate of drug-likeness (QED) is 0.445. The lowest BCUT2D eigenvalue weighted by Crippen LogP contribution is -2.46. The van der Waals surface area contributed by atoms with Gasteiger partial charge in [0.2, 0.25) is 0 Å². The third kappa shape index (κ3) is 4.10. The SMILES string of the molecule is O=S1(=O)C[C@@H](Cl)[C@@H](NC(=S)NCCO)C1. The van der Waals surface area contributed by atoms with Crippen molar-refractivity contribution in [3.05, 3.63) is 0 Å². The summed E-state index contributed by atoms with van der Waals surface area (Å²) in [6, 6.07) is -0.352. The molecule has 0 radical (unpaired) electrons. The lowest BCUT2D eigenvalue weighted by Gasteiger charge is -2.16. The van der Waals surface area contributed by atoms with E-state index in [4.69, 9.17) is 28.9 Å². The fourth-order valence-corrected chi connectivity index (χ4v) is 4.13. The van der Waals surface area contributed by atoms with Gasteiger partial charge in [0.05, 0.1) is 29.5 Å². The molecule has 1 fully saturated rings. The van der Waals surface area contributed by atoms with Crippen LogP contribution in [-0.2, 0) is 9.84 Å². The third-order valence-electron chi connectivity index (χ3n) is 2.00. The van der Waals surface area contributed by atoms with Crippen molar-refractivity contribution in [3.63, 3.8) is 0 Å². The topological polar surface area (TPSA) is 78.4 Å². The van der Waals surface area contributed by atoms with Crippen LogP contribution in [-0.4, -0.2) is 54.7 Å². The zero-order valence-corrected chi connectivity index (χ0v) is 10.3. The van der Waals surface area contributed by atoms with Crippen LogP contribution in [0.4, 0.5) is 0 Å². The number of thiocarbonyl (C=S) groups is 1. The molecule has 0 aromatic rings. The van der Waals surface area contributed by atoms with Crippen molar-refractivity contribution in [1.82, 2.24) is 10.6 Å². The van der Waals surface area contributed by atoms with Gasteiger partial charge in [0.15, 0.2) is 14.9 Å². The second-order valence-corrected chi connectivity index (χ2v) is 6.45. The van der Waals surface area contributed by atoms with Gasteiger partial charge in [-0.2, -0.15) is 0 Å². The molecule has 88 valence electrons. The minimum Gasteiger partial charge on any atom is -0.395 e. The normalized spacial score (nSPS) is 28.7. The molecule has 15 heavy (non-hydrogen) atoms. The van der Waals surface area contributed by atoms with Crippen LogP contribution >= 0.6 is 23.8 Å². The first-order chi connectivity index (χ1) is 6.94. The van der Waals surface area contributed by atoms with E-state index >= 15 is 0 Å². The number of hydrogen-bond acceptors (Lipinski definition) is 4. The van der Waals surface area contributed by atoms with Crippen molar-refractivity contribution < 1.29 is 13.5 Å². The largest absolute Gasteiger partial charge is 0.395 e. The number of aliphatic hydroxyl groups excluding tert-OH is 1. The van der Waals surface area contributed by atoms with Crippen molar-refractivity contribution in [1.29, 1.82) is 0 Å². The van der Waals surface area contributed by atoms with Gasteiger partial charge in [-0.15, -0.1) is 11.6 Å². The smallest absolute Gasteiger partial charge is 0.166 e. The molecule has 1 heterocycles. The van der Waals surface area contributed by atoms with Gasteiger partial charge in [-0.05, 0) is 12.2 Å². The van der Waals surface area contributed by atoms with Crippen LogP contribution in [0.3, 0.4) is 0 Å². The van der Waals surface area contributed by atoms with E-state index < -0.39 is 15.2 Å². The molecule has 1 rings (SSSR count). The predicted octanol–water partition coefficient (Wildman–Crippen LogP) is -1.15. The minimum atomic E-state index is -3.04. The number of halogens is 1.